The standard InChI is InChI=1S/C11H22N2/c1-12-11(13(12)2)9-7-5-3-4-6-8-10-11/h3-10H2,1-2H3. The molecule has 0 N–H and O–H groups in total. The minimum Gasteiger partial charge on any atom is -0.222 e. The Kier molecular flexibility index (Phi) is 2.61. The highest BCUT2D eigenvalue weighted by atomic mass is 15.9. The van der Waals surface area contributed by atoms with Gasteiger partial charge in [-0.25, -0.2) is 10.0 Å². The Bertz CT molecular complexity index is 159. The van der Waals surface area contributed by atoms with Crippen molar-refractivity contribution in [1.82, 2.24) is 10.0 Å². The van der Waals surface area contributed by atoms with Crippen molar-refractivity contribution in [3.8, 4) is 0 Å². The van der Waals surface area contributed by atoms with Gasteiger partial charge in [0.25, 0.3) is 0 Å². The molecule has 1 aliphatic heterocycles. The summed E-state index contributed by atoms with van der Waals surface area (Å²) in [7, 11) is 4.47. The van der Waals surface area contributed by atoms with Crippen molar-refractivity contribution >= 4 is 0 Å². The summed E-state index contributed by atoms with van der Waals surface area (Å²) in [5.41, 5.74) is 0.477. The van der Waals surface area contributed by atoms with Crippen LogP contribution in [0.5, 0.6) is 0 Å². The first-order valence-electron chi connectivity index (χ1n) is 5.75. The maximum atomic E-state index is 2.43. The minimum atomic E-state index is 0.477. The average molecular weight is 182 g/mol. The first kappa shape index (κ1) is 9.47. The molecule has 0 bridgehead atoms. The minimum absolute atomic E-state index is 0.477. The van der Waals surface area contributed by atoms with Gasteiger partial charge < -0.3 is 0 Å². The Labute approximate surface area is 81.9 Å². The molecule has 2 unspecified atom stereocenters. The van der Waals surface area contributed by atoms with Gasteiger partial charge in [-0.1, -0.05) is 38.5 Å². The Hall–Kier alpha value is -0.0800. The first-order valence-corrected chi connectivity index (χ1v) is 5.75. The predicted octanol–water partition coefficient (Wildman–Crippen LogP) is 2.61. The van der Waals surface area contributed by atoms with Gasteiger partial charge >= 0.3 is 0 Å². The number of hydrazine groups is 1. The predicted molar refractivity (Wildman–Crippen MR) is 55.2 cm³/mol. The molecule has 0 radical (unpaired) electrons. The topological polar surface area (TPSA) is 6.02 Å². The third kappa shape index (κ3) is 1.62. The van der Waals surface area contributed by atoms with Crippen LogP contribution in [-0.2, 0) is 0 Å². The number of hydrogen-bond donors (Lipinski definition) is 0. The van der Waals surface area contributed by atoms with Crippen molar-refractivity contribution in [2.75, 3.05) is 14.1 Å². The second-order valence-corrected chi connectivity index (χ2v) is 4.65. The van der Waals surface area contributed by atoms with E-state index >= 15 is 0 Å². The van der Waals surface area contributed by atoms with Crippen LogP contribution in [0.25, 0.3) is 0 Å². The van der Waals surface area contributed by atoms with Crippen molar-refractivity contribution in [3.63, 3.8) is 0 Å². The fraction of sp³-hybridized carbons (Fsp3) is 1.00. The van der Waals surface area contributed by atoms with Gasteiger partial charge in [-0.2, -0.15) is 0 Å². The lowest BCUT2D eigenvalue weighted by Gasteiger charge is -2.12. The van der Waals surface area contributed by atoms with E-state index < -0.39 is 0 Å². The lowest BCUT2D eigenvalue weighted by molar-refractivity contribution is 0.389. The van der Waals surface area contributed by atoms with Crippen LogP contribution in [0.3, 0.4) is 0 Å². The van der Waals surface area contributed by atoms with Crippen LogP contribution < -0.4 is 0 Å². The summed E-state index contributed by atoms with van der Waals surface area (Å²) in [6.45, 7) is 0. The quantitative estimate of drug-likeness (QED) is 0.531. The van der Waals surface area contributed by atoms with E-state index in [4.69, 9.17) is 0 Å². The van der Waals surface area contributed by atoms with Crippen LogP contribution in [0, 0.1) is 0 Å². The highest BCUT2D eigenvalue weighted by Gasteiger charge is 2.54. The summed E-state index contributed by atoms with van der Waals surface area (Å²) in [6, 6.07) is 0. The third-order valence-electron chi connectivity index (χ3n) is 4.02. The van der Waals surface area contributed by atoms with Crippen molar-refractivity contribution < 1.29 is 0 Å². The van der Waals surface area contributed by atoms with E-state index in [0.717, 1.165) is 0 Å². The fourth-order valence-electron chi connectivity index (χ4n) is 2.84. The van der Waals surface area contributed by atoms with E-state index in [1.54, 1.807) is 0 Å². The molecule has 1 saturated carbocycles. The van der Waals surface area contributed by atoms with Crippen molar-refractivity contribution in [3.05, 3.63) is 0 Å². The Balaban J connectivity index is 1.94. The van der Waals surface area contributed by atoms with Crippen LogP contribution in [-0.4, -0.2) is 29.8 Å². The van der Waals surface area contributed by atoms with Crippen molar-refractivity contribution in [1.29, 1.82) is 0 Å². The normalized spacial score (nSPS) is 39.2. The zero-order valence-electron chi connectivity index (χ0n) is 9.05. The lowest BCUT2D eigenvalue weighted by Crippen LogP contribution is -2.18. The molecule has 1 aliphatic carbocycles. The average Bonchev–Trinajstić information content (AvgIpc) is 2.65. The highest BCUT2D eigenvalue weighted by Crippen LogP contribution is 2.44. The lowest BCUT2D eigenvalue weighted by atomic mass is 10.0. The molecular weight excluding hydrogens is 160 g/mol. The Morgan fingerprint density at radius 3 is 1.46 bits per heavy atom. The van der Waals surface area contributed by atoms with E-state index in [-0.39, 0.29) is 0 Å². The number of hydrogen-bond acceptors (Lipinski definition) is 2. The van der Waals surface area contributed by atoms with E-state index in [1.165, 1.54) is 51.4 Å². The van der Waals surface area contributed by atoms with Crippen molar-refractivity contribution in [2.45, 2.75) is 57.0 Å². The van der Waals surface area contributed by atoms with E-state index in [9.17, 15) is 0 Å². The summed E-state index contributed by atoms with van der Waals surface area (Å²) in [4.78, 5) is 0. The maximum Gasteiger partial charge on any atom is 0.0998 e. The largest absolute Gasteiger partial charge is 0.222 e. The van der Waals surface area contributed by atoms with E-state index in [0.29, 0.717) is 5.66 Å². The smallest absolute Gasteiger partial charge is 0.0998 e. The molecule has 2 fully saturated rings. The third-order valence-corrected chi connectivity index (χ3v) is 4.02. The molecule has 0 aromatic carbocycles. The van der Waals surface area contributed by atoms with Gasteiger partial charge in [0.1, 0.15) is 0 Å². The van der Waals surface area contributed by atoms with Gasteiger partial charge in [0, 0.05) is 14.1 Å². The SMILES string of the molecule is CN1N(C)C12CCCCCCCC2. The fourth-order valence-corrected chi connectivity index (χ4v) is 2.84. The first-order chi connectivity index (χ1) is 6.27. The zero-order valence-corrected chi connectivity index (χ0v) is 9.05. The van der Waals surface area contributed by atoms with Gasteiger partial charge in [-0.15, -0.1) is 0 Å². The van der Waals surface area contributed by atoms with Gasteiger partial charge in [0.15, 0.2) is 0 Å². The monoisotopic (exact) mass is 182 g/mol. The van der Waals surface area contributed by atoms with E-state index in [2.05, 4.69) is 24.1 Å². The molecule has 2 aliphatic rings. The second-order valence-electron chi connectivity index (χ2n) is 4.65. The molecule has 2 nitrogen and oxygen atoms in total. The van der Waals surface area contributed by atoms with E-state index in [1.807, 2.05) is 0 Å². The summed E-state index contributed by atoms with van der Waals surface area (Å²) in [5, 5.41) is 4.86. The maximum absolute atomic E-state index is 2.43. The molecule has 2 atom stereocenters. The van der Waals surface area contributed by atoms with Crippen LogP contribution in [0.15, 0.2) is 0 Å². The zero-order chi connectivity index (χ0) is 9.31. The van der Waals surface area contributed by atoms with Crippen LogP contribution >= 0.6 is 0 Å². The molecule has 0 aromatic heterocycles. The molecular formula is C11H22N2. The molecule has 1 heterocycles. The molecule has 1 saturated heterocycles. The molecule has 76 valence electrons. The molecule has 2 heteroatoms. The summed E-state index contributed by atoms with van der Waals surface area (Å²) >= 11 is 0. The number of rotatable bonds is 0. The molecule has 0 amide bonds. The second kappa shape index (κ2) is 3.58. The summed E-state index contributed by atoms with van der Waals surface area (Å²) in [6.07, 6.45) is 11.4. The van der Waals surface area contributed by atoms with Gasteiger partial charge in [0.2, 0.25) is 0 Å². The molecule has 0 aromatic rings. The van der Waals surface area contributed by atoms with Gasteiger partial charge in [-0.3, -0.25) is 0 Å². The summed E-state index contributed by atoms with van der Waals surface area (Å²) in [5.74, 6) is 0. The highest BCUT2D eigenvalue weighted by molar-refractivity contribution is 4.97. The Morgan fingerprint density at radius 2 is 1.08 bits per heavy atom. The molecule has 1 spiro atoms. The van der Waals surface area contributed by atoms with Crippen LogP contribution in [0.1, 0.15) is 51.4 Å². The van der Waals surface area contributed by atoms with Gasteiger partial charge in [0.05, 0.1) is 5.66 Å². The molecule has 2 rings (SSSR count). The van der Waals surface area contributed by atoms with Gasteiger partial charge in [-0.05, 0) is 12.8 Å². The Morgan fingerprint density at radius 1 is 0.692 bits per heavy atom. The van der Waals surface area contributed by atoms with Crippen LogP contribution in [0.2, 0.25) is 0 Å². The van der Waals surface area contributed by atoms with Crippen LogP contribution in [0.4, 0.5) is 0 Å². The number of nitrogens with zero attached hydrogens (tertiary/aromatic N) is 2. The molecule has 13 heavy (non-hydrogen) atoms. The summed E-state index contributed by atoms with van der Waals surface area (Å²) < 4.78 is 0. The van der Waals surface area contributed by atoms with Crippen molar-refractivity contribution in [2.24, 2.45) is 0 Å².